The van der Waals surface area contributed by atoms with E-state index in [-0.39, 0.29) is 5.91 Å². The van der Waals surface area contributed by atoms with Crippen LogP contribution < -0.4 is 5.73 Å². The molecule has 0 aliphatic carbocycles. The van der Waals surface area contributed by atoms with Gasteiger partial charge in [-0.05, 0) is 37.0 Å². The zero-order valence-electron chi connectivity index (χ0n) is 12.3. The summed E-state index contributed by atoms with van der Waals surface area (Å²) in [4.78, 5) is 14.5. The summed E-state index contributed by atoms with van der Waals surface area (Å²) < 4.78 is 0. The lowest BCUT2D eigenvalue weighted by Crippen LogP contribution is -2.28. The van der Waals surface area contributed by atoms with Crippen LogP contribution in [0.1, 0.15) is 41.3 Å². The Kier molecular flexibility index (Phi) is 4.81. The second-order valence-electron chi connectivity index (χ2n) is 5.35. The summed E-state index contributed by atoms with van der Waals surface area (Å²) in [6.07, 6.45) is 2.26. The Hall–Kier alpha value is -1.79. The van der Waals surface area contributed by atoms with E-state index in [1.54, 1.807) is 0 Å². The molecule has 0 aromatic heterocycles. The lowest BCUT2D eigenvalue weighted by Gasteiger charge is -2.16. The highest BCUT2D eigenvalue weighted by molar-refractivity contribution is 5.94. The average Bonchev–Trinajstić information content (AvgIpc) is 2.94. The number of likely N-dealkylation sites (tertiary alicyclic amines) is 1. The Balaban J connectivity index is 2.18. The van der Waals surface area contributed by atoms with Crippen molar-refractivity contribution in [3.63, 3.8) is 0 Å². The van der Waals surface area contributed by atoms with Gasteiger partial charge in [-0.2, -0.15) is 0 Å². The number of carbonyl (C=O) groups is 1. The summed E-state index contributed by atoms with van der Waals surface area (Å²) in [7, 11) is 0. The molecule has 2 N–H and O–H groups in total. The molecule has 3 heteroatoms. The number of amides is 1. The van der Waals surface area contributed by atoms with Crippen LogP contribution in [-0.2, 0) is 0 Å². The second kappa shape index (κ2) is 6.58. The topological polar surface area (TPSA) is 46.3 Å². The predicted molar refractivity (Wildman–Crippen MR) is 81.4 cm³/mol. The van der Waals surface area contributed by atoms with Crippen molar-refractivity contribution < 1.29 is 4.79 Å². The fraction of sp³-hybridized carbons (Fsp3) is 0.471. The van der Waals surface area contributed by atoms with Crippen molar-refractivity contribution in [3.8, 4) is 11.8 Å². The number of nitrogens with two attached hydrogens (primary N) is 1. The first-order valence-electron chi connectivity index (χ1n) is 7.24. The Morgan fingerprint density at radius 1 is 1.50 bits per heavy atom. The molecular weight excluding hydrogens is 248 g/mol. The molecule has 1 unspecified atom stereocenters. The van der Waals surface area contributed by atoms with Gasteiger partial charge >= 0.3 is 0 Å². The van der Waals surface area contributed by atoms with Crippen LogP contribution in [0.15, 0.2) is 18.2 Å². The van der Waals surface area contributed by atoms with Crippen molar-refractivity contribution in [1.29, 1.82) is 0 Å². The van der Waals surface area contributed by atoms with E-state index in [4.69, 9.17) is 5.73 Å². The highest BCUT2D eigenvalue weighted by Gasteiger charge is 2.25. The molecule has 1 aromatic rings. The fourth-order valence-electron chi connectivity index (χ4n) is 2.57. The van der Waals surface area contributed by atoms with Gasteiger partial charge in [0.25, 0.3) is 5.91 Å². The molecule has 1 aliphatic rings. The quantitative estimate of drug-likeness (QED) is 0.837. The highest BCUT2D eigenvalue weighted by Crippen LogP contribution is 2.21. The van der Waals surface area contributed by atoms with Crippen LogP contribution in [0.5, 0.6) is 0 Å². The summed E-state index contributed by atoms with van der Waals surface area (Å²) in [5.41, 5.74) is 8.11. The molecule has 3 nitrogen and oxygen atoms in total. The SMILES string of the molecule is CCC1CCN(C(=O)c2ccc(C)c(C#CCN)c2)C1. The number of hydrogen-bond acceptors (Lipinski definition) is 2. The Morgan fingerprint density at radius 3 is 2.95 bits per heavy atom. The van der Waals surface area contributed by atoms with Crippen LogP contribution in [0.2, 0.25) is 0 Å². The Labute approximate surface area is 121 Å². The molecule has 1 aliphatic heterocycles. The van der Waals surface area contributed by atoms with Gasteiger partial charge in [0, 0.05) is 24.2 Å². The zero-order valence-corrected chi connectivity index (χ0v) is 12.3. The van der Waals surface area contributed by atoms with Crippen LogP contribution in [0, 0.1) is 24.7 Å². The van der Waals surface area contributed by atoms with Crippen molar-refractivity contribution >= 4 is 5.91 Å². The standard InChI is InChI=1S/C17H22N2O/c1-3-14-8-10-19(12-14)17(20)16-7-6-13(2)15(11-16)5-4-9-18/h6-7,11,14H,3,8-10,12,18H2,1-2H3. The number of benzene rings is 1. The van der Waals surface area contributed by atoms with E-state index in [0.29, 0.717) is 12.5 Å². The van der Waals surface area contributed by atoms with Crippen molar-refractivity contribution in [2.75, 3.05) is 19.6 Å². The van der Waals surface area contributed by atoms with Crippen LogP contribution in [0.25, 0.3) is 0 Å². The zero-order chi connectivity index (χ0) is 14.5. The number of rotatable bonds is 2. The van der Waals surface area contributed by atoms with E-state index >= 15 is 0 Å². The van der Waals surface area contributed by atoms with E-state index < -0.39 is 0 Å². The molecule has 106 valence electrons. The summed E-state index contributed by atoms with van der Waals surface area (Å²) in [6.45, 7) is 6.27. The second-order valence-corrected chi connectivity index (χ2v) is 5.35. The van der Waals surface area contributed by atoms with Crippen molar-refractivity contribution in [2.45, 2.75) is 26.7 Å². The number of hydrogen-bond donors (Lipinski definition) is 1. The number of nitrogens with zero attached hydrogens (tertiary/aromatic N) is 1. The van der Waals surface area contributed by atoms with E-state index in [2.05, 4.69) is 18.8 Å². The maximum Gasteiger partial charge on any atom is 0.253 e. The maximum absolute atomic E-state index is 12.5. The summed E-state index contributed by atoms with van der Waals surface area (Å²) in [6, 6.07) is 5.74. The molecule has 0 saturated carbocycles. The van der Waals surface area contributed by atoms with E-state index in [1.807, 2.05) is 30.0 Å². The van der Waals surface area contributed by atoms with Crippen molar-refractivity contribution in [3.05, 3.63) is 34.9 Å². The number of aryl methyl sites for hydroxylation is 1. The van der Waals surface area contributed by atoms with Gasteiger partial charge in [0.05, 0.1) is 6.54 Å². The summed E-state index contributed by atoms with van der Waals surface area (Å²) >= 11 is 0. The third kappa shape index (κ3) is 3.20. The van der Waals surface area contributed by atoms with E-state index in [9.17, 15) is 4.79 Å². The van der Waals surface area contributed by atoms with Gasteiger partial charge in [-0.15, -0.1) is 0 Å². The average molecular weight is 270 g/mol. The molecule has 1 aromatic carbocycles. The van der Waals surface area contributed by atoms with Crippen LogP contribution in [0.4, 0.5) is 0 Å². The van der Waals surface area contributed by atoms with Crippen LogP contribution in [-0.4, -0.2) is 30.4 Å². The Morgan fingerprint density at radius 2 is 2.30 bits per heavy atom. The normalized spacial score (nSPS) is 17.8. The molecule has 0 spiro atoms. The minimum atomic E-state index is 0.122. The fourth-order valence-corrected chi connectivity index (χ4v) is 2.57. The van der Waals surface area contributed by atoms with Gasteiger partial charge in [0.15, 0.2) is 0 Å². The van der Waals surface area contributed by atoms with E-state index in [1.165, 1.54) is 0 Å². The smallest absolute Gasteiger partial charge is 0.253 e. The summed E-state index contributed by atoms with van der Waals surface area (Å²) in [5, 5.41) is 0. The molecule has 1 heterocycles. The third-order valence-electron chi connectivity index (χ3n) is 3.96. The van der Waals surface area contributed by atoms with Crippen molar-refractivity contribution in [1.82, 2.24) is 4.90 Å². The third-order valence-corrected chi connectivity index (χ3v) is 3.96. The molecule has 1 amide bonds. The first-order chi connectivity index (χ1) is 9.65. The molecular formula is C17H22N2O. The molecule has 2 rings (SSSR count). The molecule has 1 fully saturated rings. The predicted octanol–water partition coefficient (Wildman–Crippen LogP) is 2.18. The summed E-state index contributed by atoms with van der Waals surface area (Å²) in [5.74, 6) is 6.66. The lowest BCUT2D eigenvalue weighted by molar-refractivity contribution is 0.0787. The first kappa shape index (κ1) is 14.6. The molecule has 1 saturated heterocycles. The molecule has 0 radical (unpaired) electrons. The van der Waals surface area contributed by atoms with Gasteiger partial charge in [-0.25, -0.2) is 0 Å². The van der Waals surface area contributed by atoms with Gasteiger partial charge in [0.2, 0.25) is 0 Å². The molecule has 1 atom stereocenters. The molecule has 0 bridgehead atoms. The van der Waals surface area contributed by atoms with Crippen LogP contribution in [0.3, 0.4) is 0 Å². The molecule has 20 heavy (non-hydrogen) atoms. The first-order valence-corrected chi connectivity index (χ1v) is 7.24. The maximum atomic E-state index is 12.5. The van der Waals surface area contributed by atoms with Crippen molar-refractivity contribution in [2.24, 2.45) is 11.7 Å². The van der Waals surface area contributed by atoms with E-state index in [0.717, 1.165) is 42.6 Å². The highest BCUT2D eigenvalue weighted by atomic mass is 16.2. The van der Waals surface area contributed by atoms with Gasteiger partial charge in [-0.1, -0.05) is 31.3 Å². The van der Waals surface area contributed by atoms with Gasteiger partial charge < -0.3 is 10.6 Å². The minimum Gasteiger partial charge on any atom is -0.338 e. The van der Waals surface area contributed by atoms with Crippen LogP contribution >= 0.6 is 0 Å². The minimum absolute atomic E-state index is 0.122. The number of carbonyl (C=O) groups excluding carboxylic acids is 1. The van der Waals surface area contributed by atoms with Gasteiger partial charge in [-0.3, -0.25) is 4.79 Å². The lowest BCUT2D eigenvalue weighted by atomic mass is 10.0. The Bertz CT molecular complexity index is 554. The monoisotopic (exact) mass is 270 g/mol. The van der Waals surface area contributed by atoms with Gasteiger partial charge in [0.1, 0.15) is 0 Å². The largest absolute Gasteiger partial charge is 0.338 e.